The summed E-state index contributed by atoms with van der Waals surface area (Å²) in [5, 5.41) is 6.69. The summed E-state index contributed by atoms with van der Waals surface area (Å²) in [6, 6.07) is 19.1. The van der Waals surface area contributed by atoms with Crippen molar-refractivity contribution in [2.24, 2.45) is 5.10 Å². The van der Waals surface area contributed by atoms with E-state index in [0.717, 1.165) is 34.4 Å². The second kappa shape index (κ2) is 8.41. The maximum Gasteiger partial charge on any atom is 0.230 e. The van der Waals surface area contributed by atoms with E-state index in [4.69, 9.17) is 11.6 Å². The topological polar surface area (TPSA) is 45.6 Å². The number of nitrogens with zero attached hydrogens (tertiary/aromatic N) is 3. The van der Waals surface area contributed by atoms with Crippen LogP contribution in [0.1, 0.15) is 22.3 Å². The molecule has 26 heavy (non-hydrogen) atoms. The first-order valence-corrected chi connectivity index (χ1v) is 8.56. The Morgan fingerprint density at radius 1 is 1.08 bits per heavy atom. The number of carbonyl (C=O) groups excluding carboxylic acids is 1. The normalized spacial score (nSPS) is 11.2. The third kappa shape index (κ3) is 4.35. The minimum absolute atomic E-state index is 0.362. The van der Waals surface area contributed by atoms with Crippen LogP contribution >= 0.6 is 11.6 Å². The maximum atomic E-state index is 11.6. The molecule has 0 atom stereocenters. The van der Waals surface area contributed by atoms with Gasteiger partial charge in [0, 0.05) is 28.5 Å². The van der Waals surface area contributed by atoms with Crippen LogP contribution in [0.2, 0.25) is 5.02 Å². The minimum atomic E-state index is 0.362. The number of aromatic nitrogens is 1. The van der Waals surface area contributed by atoms with Gasteiger partial charge in [0.25, 0.3) is 0 Å². The molecule has 1 aromatic heterocycles. The van der Waals surface area contributed by atoms with Crippen molar-refractivity contribution in [2.75, 3.05) is 0 Å². The molecular formula is C21H18ClN3O. The van der Waals surface area contributed by atoms with Crippen molar-refractivity contribution >= 4 is 23.7 Å². The van der Waals surface area contributed by atoms with Crippen LogP contribution < -0.4 is 0 Å². The largest absolute Gasteiger partial charge is 0.277 e. The van der Waals surface area contributed by atoms with Gasteiger partial charge in [-0.25, -0.2) is 5.01 Å². The fourth-order valence-corrected chi connectivity index (χ4v) is 2.74. The zero-order chi connectivity index (χ0) is 18.4. The third-order valence-corrected chi connectivity index (χ3v) is 4.21. The van der Waals surface area contributed by atoms with Crippen molar-refractivity contribution in [1.82, 2.24) is 9.99 Å². The summed E-state index contributed by atoms with van der Waals surface area (Å²) >= 11 is 5.93. The summed E-state index contributed by atoms with van der Waals surface area (Å²) in [6.45, 7) is 2.39. The summed E-state index contributed by atoms with van der Waals surface area (Å²) < 4.78 is 0. The van der Waals surface area contributed by atoms with E-state index in [1.807, 2.05) is 55.5 Å². The fourth-order valence-electron chi connectivity index (χ4n) is 2.62. The highest BCUT2D eigenvalue weighted by Gasteiger charge is 2.12. The van der Waals surface area contributed by atoms with Crippen molar-refractivity contribution in [3.63, 3.8) is 0 Å². The Bertz CT molecular complexity index is 908. The van der Waals surface area contributed by atoms with E-state index in [0.29, 0.717) is 11.6 Å². The molecule has 4 nitrogen and oxygen atoms in total. The number of amides is 1. The molecule has 0 aliphatic carbocycles. The number of pyridine rings is 1. The molecule has 3 aromatic rings. The van der Waals surface area contributed by atoms with Gasteiger partial charge in [0.15, 0.2) is 0 Å². The quantitative estimate of drug-likeness (QED) is 0.369. The van der Waals surface area contributed by atoms with E-state index in [1.54, 1.807) is 24.5 Å². The van der Waals surface area contributed by atoms with Crippen molar-refractivity contribution in [3.05, 3.63) is 100 Å². The minimum Gasteiger partial charge on any atom is -0.277 e. The molecule has 0 spiro atoms. The molecule has 0 bridgehead atoms. The van der Waals surface area contributed by atoms with Crippen LogP contribution in [0.5, 0.6) is 0 Å². The zero-order valence-corrected chi connectivity index (χ0v) is 15.1. The van der Waals surface area contributed by atoms with Gasteiger partial charge < -0.3 is 0 Å². The monoisotopic (exact) mass is 363 g/mol. The number of hydrogen-bond donors (Lipinski definition) is 0. The standard InChI is InChI=1S/C21H18ClN3O/c1-16-4-2-3-5-20(16)21(18-10-12-23-13-11-18)24-25(15-26)14-17-6-8-19(22)9-7-17/h2-13,15H,14H2,1H3/b24-21-. The van der Waals surface area contributed by atoms with Crippen LogP contribution in [0.4, 0.5) is 0 Å². The highest BCUT2D eigenvalue weighted by Crippen LogP contribution is 2.17. The van der Waals surface area contributed by atoms with Gasteiger partial charge in [-0.1, -0.05) is 48.0 Å². The molecular weight excluding hydrogens is 346 g/mol. The van der Waals surface area contributed by atoms with Gasteiger partial charge in [-0.3, -0.25) is 9.78 Å². The summed E-state index contributed by atoms with van der Waals surface area (Å²) in [5.41, 5.74) is 4.63. The number of rotatable bonds is 6. The summed E-state index contributed by atoms with van der Waals surface area (Å²) in [7, 11) is 0. The Kier molecular flexibility index (Phi) is 5.77. The molecule has 0 saturated carbocycles. The molecule has 0 aliphatic heterocycles. The second-order valence-corrected chi connectivity index (χ2v) is 6.27. The van der Waals surface area contributed by atoms with Gasteiger partial charge in [0.2, 0.25) is 6.41 Å². The molecule has 1 heterocycles. The summed E-state index contributed by atoms with van der Waals surface area (Å²) in [6.07, 6.45) is 4.16. The first-order valence-electron chi connectivity index (χ1n) is 8.19. The Morgan fingerprint density at radius 3 is 2.42 bits per heavy atom. The average Bonchev–Trinajstić information content (AvgIpc) is 2.68. The van der Waals surface area contributed by atoms with Crippen molar-refractivity contribution in [1.29, 1.82) is 0 Å². The van der Waals surface area contributed by atoms with E-state index >= 15 is 0 Å². The lowest BCUT2D eigenvalue weighted by atomic mass is 9.99. The average molecular weight is 364 g/mol. The summed E-state index contributed by atoms with van der Waals surface area (Å²) in [4.78, 5) is 15.7. The zero-order valence-electron chi connectivity index (χ0n) is 14.3. The lowest BCUT2D eigenvalue weighted by Crippen LogP contribution is -2.19. The predicted molar refractivity (Wildman–Crippen MR) is 104 cm³/mol. The Hall–Kier alpha value is -2.98. The van der Waals surface area contributed by atoms with Crippen LogP contribution in [0.3, 0.4) is 0 Å². The van der Waals surface area contributed by atoms with Gasteiger partial charge >= 0.3 is 0 Å². The first-order chi connectivity index (χ1) is 12.7. The molecule has 1 amide bonds. The van der Waals surface area contributed by atoms with E-state index in [-0.39, 0.29) is 0 Å². The molecule has 3 rings (SSSR count). The van der Waals surface area contributed by atoms with E-state index in [1.165, 1.54) is 5.01 Å². The summed E-state index contributed by atoms with van der Waals surface area (Å²) in [5.74, 6) is 0. The van der Waals surface area contributed by atoms with Crippen LogP contribution in [0.15, 0.2) is 78.2 Å². The highest BCUT2D eigenvalue weighted by molar-refractivity contribution is 6.30. The van der Waals surface area contributed by atoms with Crippen LogP contribution in [0, 0.1) is 6.92 Å². The van der Waals surface area contributed by atoms with Gasteiger partial charge in [0.1, 0.15) is 0 Å². The van der Waals surface area contributed by atoms with Gasteiger partial charge in [0.05, 0.1) is 12.3 Å². The smallest absolute Gasteiger partial charge is 0.230 e. The van der Waals surface area contributed by atoms with Crippen LogP contribution in [-0.2, 0) is 11.3 Å². The maximum absolute atomic E-state index is 11.6. The molecule has 0 radical (unpaired) electrons. The van der Waals surface area contributed by atoms with Crippen molar-refractivity contribution < 1.29 is 4.79 Å². The molecule has 2 aromatic carbocycles. The predicted octanol–water partition coefficient (Wildman–Crippen LogP) is 4.45. The number of aryl methyl sites for hydroxylation is 1. The van der Waals surface area contributed by atoms with Crippen molar-refractivity contribution in [3.8, 4) is 0 Å². The SMILES string of the molecule is Cc1ccccc1/C(=N\N(C=O)Cc1ccc(Cl)cc1)c1ccncc1. The van der Waals surface area contributed by atoms with Crippen LogP contribution in [-0.4, -0.2) is 22.1 Å². The molecule has 130 valence electrons. The fraction of sp³-hybridized carbons (Fsp3) is 0.0952. The second-order valence-electron chi connectivity index (χ2n) is 5.83. The Labute approximate surface area is 157 Å². The number of hydrazone groups is 1. The van der Waals surface area contributed by atoms with Crippen LogP contribution in [0.25, 0.3) is 0 Å². The molecule has 0 aliphatic rings. The first kappa shape index (κ1) is 17.8. The van der Waals surface area contributed by atoms with Crippen molar-refractivity contribution in [2.45, 2.75) is 13.5 Å². The molecule has 0 N–H and O–H groups in total. The van der Waals surface area contributed by atoms with Gasteiger partial charge in [-0.05, 0) is 42.3 Å². The molecule has 0 fully saturated rings. The number of halogens is 1. The van der Waals surface area contributed by atoms with E-state index in [9.17, 15) is 4.79 Å². The Morgan fingerprint density at radius 2 is 1.77 bits per heavy atom. The van der Waals surface area contributed by atoms with E-state index in [2.05, 4.69) is 10.1 Å². The number of benzene rings is 2. The molecule has 0 saturated heterocycles. The van der Waals surface area contributed by atoms with Gasteiger partial charge in [-0.2, -0.15) is 5.10 Å². The molecule has 0 unspecified atom stereocenters. The molecule has 5 heteroatoms. The lowest BCUT2D eigenvalue weighted by molar-refractivity contribution is -0.118. The number of hydrogen-bond acceptors (Lipinski definition) is 3. The van der Waals surface area contributed by atoms with E-state index < -0.39 is 0 Å². The highest BCUT2D eigenvalue weighted by atomic mass is 35.5. The third-order valence-electron chi connectivity index (χ3n) is 3.96. The van der Waals surface area contributed by atoms with Gasteiger partial charge in [-0.15, -0.1) is 0 Å². The lowest BCUT2D eigenvalue weighted by Gasteiger charge is -2.16. The number of carbonyl (C=O) groups is 1. The Balaban J connectivity index is 2.00.